The molecule has 0 spiro atoms. The van der Waals surface area contributed by atoms with Crippen molar-refractivity contribution in [1.82, 2.24) is 9.99 Å². The van der Waals surface area contributed by atoms with Crippen molar-refractivity contribution in [3.63, 3.8) is 0 Å². The molecule has 0 aliphatic heterocycles. The van der Waals surface area contributed by atoms with Crippen LogP contribution in [0.2, 0.25) is 0 Å². The number of aromatic nitrogens is 1. The molecule has 6 heteroatoms. The van der Waals surface area contributed by atoms with Crippen LogP contribution in [0.5, 0.6) is 5.75 Å². The summed E-state index contributed by atoms with van der Waals surface area (Å²) in [5.41, 5.74) is 2.96. The fourth-order valence-corrected chi connectivity index (χ4v) is 3.10. The lowest BCUT2D eigenvalue weighted by atomic mass is 10.1. The topological polar surface area (TPSA) is 83.7 Å². The summed E-state index contributed by atoms with van der Waals surface area (Å²) in [6.07, 6.45) is 4.30. The molecular weight excluding hydrogens is 354 g/mol. The minimum atomic E-state index is -0.732. The van der Waals surface area contributed by atoms with Crippen molar-refractivity contribution in [2.45, 2.75) is 32.7 Å². The minimum Gasteiger partial charge on any atom is -0.506 e. The van der Waals surface area contributed by atoms with Gasteiger partial charge in [0, 0.05) is 11.9 Å². The largest absolute Gasteiger partial charge is 0.506 e. The fourth-order valence-electron chi connectivity index (χ4n) is 3.10. The number of unbranched alkanes of at least 4 members (excludes halogenated alkanes) is 2. The first kappa shape index (κ1) is 19.4. The highest BCUT2D eigenvalue weighted by atomic mass is 16.3. The highest BCUT2D eigenvalue weighted by molar-refractivity contribution is 6.02. The van der Waals surface area contributed by atoms with Gasteiger partial charge in [-0.15, -0.1) is 0 Å². The SMILES string of the molecule is CCCCCn1c(=O)c(C(=O)N/N=C\c2ccccc2)c(O)c2ccccc21. The summed E-state index contributed by atoms with van der Waals surface area (Å²) < 4.78 is 1.56. The van der Waals surface area contributed by atoms with E-state index in [9.17, 15) is 14.7 Å². The van der Waals surface area contributed by atoms with E-state index >= 15 is 0 Å². The Hall–Kier alpha value is -3.41. The lowest BCUT2D eigenvalue weighted by molar-refractivity contribution is 0.0950. The van der Waals surface area contributed by atoms with Crippen LogP contribution in [0.3, 0.4) is 0 Å². The standard InChI is InChI=1S/C22H23N3O3/c1-2-3-9-14-25-18-13-8-7-12-17(18)20(26)19(22(25)28)21(27)24-23-15-16-10-5-4-6-11-16/h4-8,10-13,15,26H,2-3,9,14H2,1H3,(H,24,27)/b23-15-. The van der Waals surface area contributed by atoms with Gasteiger partial charge in [0.25, 0.3) is 11.5 Å². The molecule has 0 aliphatic rings. The summed E-state index contributed by atoms with van der Waals surface area (Å²) in [6.45, 7) is 2.57. The van der Waals surface area contributed by atoms with Gasteiger partial charge in [-0.05, 0) is 24.1 Å². The number of para-hydroxylation sites is 1. The highest BCUT2D eigenvalue weighted by Crippen LogP contribution is 2.26. The summed E-state index contributed by atoms with van der Waals surface area (Å²) in [7, 11) is 0. The number of nitrogens with zero attached hydrogens (tertiary/aromatic N) is 2. The summed E-state index contributed by atoms with van der Waals surface area (Å²) in [5, 5.41) is 15.0. The van der Waals surface area contributed by atoms with Gasteiger partial charge in [-0.3, -0.25) is 9.59 Å². The van der Waals surface area contributed by atoms with E-state index in [1.807, 2.05) is 30.3 Å². The second-order valence-electron chi connectivity index (χ2n) is 6.51. The average molecular weight is 377 g/mol. The number of aryl methyl sites for hydroxylation is 1. The maximum Gasteiger partial charge on any atom is 0.280 e. The second-order valence-corrected chi connectivity index (χ2v) is 6.51. The van der Waals surface area contributed by atoms with Crippen LogP contribution in [0.4, 0.5) is 0 Å². The smallest absolute Gasteiger partial charge is 0.280 e. The number of nitrogens with one attached hydrogen (secondary N) is 1. The number of aromatic hydroxyl groups is 1. The predicted octanol–water partition coefficient (Wildman–Crippen LogP) is 3.66. The first-order valence-corrected chi connectivity index (χ1v) is 9.36. The first-order valence-electron chi connectivity index (χ1n) is 9.36. The summed E-state index contributed by atoms with van der Waals surface area (Å²) in [6, 6.07) is 16.3. The summed E-state index contributed by atoms with van der Waals surface area (Å²) >= 11 is 0. The Kier molecular flexibility index (Phi) is 6.22. The average Bonchev–Trinajstić information content (AvgIpc) is 2.71. The third-order valence-electron chi connectivity index (χ3n) is 4.54. The second kappa shape index (κ2) is 8.99. The van der Waals surface area contributed by atoms with Gasteiger partial charge < -0.3 is 9.67 Å². The Morgan fingerprint density at radius 1 is 1.11 bits per heavy atom. The molecule has 2 N–H and O–H groups in total. The van der Waals surface area contributed by atoms with E-state index in [2.05, 4.69) is 17.5 Å². The van der Waals surface area contributed by atoms with Crippen LogP contribution in [-0.4, -0.2) is 21.8 Å². The molecule has 28 heavy (non-hydrogen) atoms. The van der Waals surface area contributed by atoms with Crippen LogP contribution in [0, 0.1) is 0 Å². The van der Waals surface area contributed by atoms with Crippen molar-refractivity contribution in [3.05, 3.63) is 76.1 Å². The van der Waals surface area contributed by atoms with Crippen molar-refractivity contribution < 1.29 is 9.90 Å². The number of hydrazone groups is 1. The Morgan fingerprint density at radius 2 is 1.82 bits per heavy atom. The number of hydrogen-bond donors (Lipinski definition) is 2. The summed E-state index contributed by atoms with van der Waals surface area (Å²) in [5.74, 6) is -1.05. The first-order chi connectivity index (χ1) is 13.6. The summed E-state index contributed by atoms with van der Waals surface area (Å²) in [4.78, 5) is 25.6. The number of carbonyl (C=O) groups excluding carboxylic acids is 1. The lowest BCUT2D eigenvalue weighted by Gasteiger charge is -2.14. The third-order valence-corrected chi connectivity index (χ3v) is 4.54. The van der Waals surface area contributed by atoms with Crippen molar-refractivity contribution in [1.29, 1.82) is 0 Å². The van der Waals surface area contributed by atoms with Crippen LogP contribution in [0.25, 0.3) is 10.9 Å². The molecule has 6 nitrogen and oxygen atoms in total. The van der Waals surface area contributed by atoms with Gasteiger partial charge in [-0.1, -0.05) is 62.2 Å². The van der Waals surface area contributed by atoms with Crippen molar-refractivity contribution in [2.24, 2.45) is 5.10 Å². The fraction of sp³-hybridized carbons (Fsp3) is 0.227. The molecular formula is C22H23N3O3. The zero-order valence-corrected chi connectivity index (χ0v) is 15.8. The van der Waals surface area contributed by atoms with Gasteiger partial charge in [-0.25, -0.2) is 5.43 Å². The van der Waals surface area contributed by atoms with E-state index in [4.69, 9.17) is 0 Å². The molecule has 1 heterocycles. The zero-order chi connectivity index (χ0) is 19.9. The number of hydrogen-bond acceptors (Lipinski definition) is 4. The van der Waals surface area contributed by atoms with E-state index in [1.54, 1.807) is 28.8 Å². The van der Waals surface area contributed by atoms with E-state index in [0.717, 1.165) is 24.8 Å². The lowest BCUT2D eigenvalue weighted by Crippen LogP contribution is -2.31. The minimum absolute atomic E-state index is 0.291. The molecule has 0 aliphatic carbocycles. The van der Waals surface area contributed by atoms with Crippen LogP contribution in [0.15, 0.2) is 64.5 Å². The number of rotatable bonds is 7. The van der Waals surface area contributed by atoms with Crippen LogP contribution in [-0.2, 0) is 6.54 Å². The number of pyridine rings is 1. The number of fused-ring (bicyclic) bond motifs is 1. The van der Waals surface area contributed by atoms with Crippen molar-refractivity contribution >= 4 is 23.0 Å². The Balaban J connectivity index is 1.96. The molecule has 0 saturated carbocycles. The van der Waals surface area contributed by atoms with E-state index in [1.165, 1.54) is 6.21 Å². The Bertz CT molecular complexity index is 1060. The van der Waals surface area contributed by atoms with E-state index in [0.29, 0.717) is 17.4 Å². The van der Waals surface area contributed by atoms with Gasteiger partial charge in [0.2, 0.25) is 0 Å². The highest BCUT2D eigenvalue weighted by Gasteiger charge is 2.21. The maximum atomic E-state index is 13.0. The van der Waals surface area contributed by atoms with Gasteiger partial charge in [0.1, 0.15) is 11.3 Å². The van der Waals surface area contributed by atoms with Crippen molar-refractivity contribution in [3.8, 4) is 5.75 Å². The molecule has 144 valence electrons. The Morgan fingerprint density at radius 3 is 2.57 bits per heavy atom. The van der Waals surface area contributed by atoms with E-state index in [-0.39, 0.29) is 11.3 Å². The molecule has 0 unspecified atom stereocenters. The molecule has 0 atom stereocenters. The van der Waals surface area contributed by atoms with Gasteiger partial charge in [-0.2, -0.15) is 5.10 Å². The normalized spacial score (nSPS) is 11.2. The molecule has 0 saturated heterocycles. The molecule has 3 rings (SSSR count). The van der Waals surface area contributed by atoms with Gasteiger partial charge in [0.15, 0.2) is 0 Å². The quantitative estimate of drug-likeness (QED) is 0.374. The van der Waals surface area contributed by atoms with E-state index < -0.39 is 11.5 Å². The molecule has 0 bridgehead atoms. The number of carbonyl (C=O) groups is 1. The monoisotopic (exact) mass is 377 g/mol. The zero-order valence-electron chi connectivity index (χ0n) is 15.8. The van der Waals surface area contributed by atoms with Gasteiger partial charge in [0.05, 0.1) is 11.7 Å². The molecule has 1 aromatic heterocycles. The number of amides is 1. The molecule has 3 aromatic rings. The maximum absolute atomic E-state index is 13.0. The van der Waals surface area contributed by atoms with Crippen LogP contribution >= 0.6 is 0 Å². The number of benzene rings is 2. The van der Waals surface area contributed by atoms with Crippen LogP contribution in [0.1, 0.15) is 42.1 Å². The third kappa shape index (κ3) is 4.11. The van der Waals surface area contributed by atoms with Gasteiger partial charge >= 0.3 is 0 Å². The van der Waals surface area contributed by atoms with Crippen molar-refractivity contribution in [2.75, 3.05) is 0 Å². The molecule has 0 fully saturated rings. The van der Waals surface area contributed by atoms with Crippen LogP contribution < -0.4 is 11.0 Å². The molecule has 2 aromatic carbocycles. The Labute approximate surface area is 163 Å². The predicted molar refractivity (Wildman–Crippen MR) is 111 cm³/mol. The molecule has 0 radical (unpaired) electrons. The molecule has 1 amide bonds.